The maximum atomic E-state index is 11.9. The van der Waals surface area contributed by atoms with Gasteiger partial charge in [0.2, 0.25) is 5.91 Å². The number of rotatable bonds is 5. The fourth-order valence-electron chi connectivity index (χ4n) is 2.36. The van der Waals surface area contributed by atoms with Gasteiger partial charge in [-0.15, -0.1) is 0 Å². The molecule has 0 radical (unpaired) electrons. The zero-order valence-electron chi connectivity index (χ0n) is 11.5. The maximum Gasteiger partial charge on any atom is 0.326 e. The van der Waals surface area contributed by atoms with Crippen molar-refractivity contribution in [2.24, 2.45) is 5.92 Å². The van der Waals surface area contributed by atoms with Crippen molar-refractivity contribution >= 4 is 11.9 Å². The van der Waals surface area contributed by atoms with Crippen LogP contribution in [0.1, 0.15) is 39.0 Å². The Hall–Kier alpha value is -1.10. The Morgan fingerprint density at radius 1 is 1.22 bits per heavy atom. The zero-order chi connectivity index (χ0) is 13.7. The number of nitrogens with one attached hydrogen (secondary N) is 1. The van der Waals surface area contributed by atoms with Crippen molar-refractivity contribution in [2.45, 2.75) is 51.1 Å². The van der Waals surface area contributed by atoms with Crippen LogP contribution in [0.25, 0.3) is 0 Å². The van der Waals surface area contributed by atoms with E-state index >= 15 is 0 Å². The minimum atomic E-state index is -0.916. The maximum absolute atomic E-state index is 11.9. The van der Waals surface area contributed by atoms with Crippen molar-refractivity contribution in [3.63, 3.8) is 0 Å². The van der Waals surface area contributed by atoms with E-state index in [2.05, 4.69) is 5.32 Å². The van der Waals surface area contributed by atoms with E-state index in [9.17, 15) is 14.7 Å². The first-order valence-corrected chi connectivity index (χ1v) is 6.63. The number of carboxylic acid groups (broad SMARTS) is 1. The van der Waals surface area contributed by atoms with E-state index in [1.54, 1.807) is 25.9 Å². The first-order chi connectivity index (χ1) is 8.43. The summed E-state index contributed by atoms with van der Waals surface area (Å²) in [6, 6.07) is -1.05. The number of hydrogen-bond acceptors (Lipinski definition) is 3. The molecule has 1 saturated carbocycles. The van der Waals surface area contributed by atoms with Crippen molar-refractivity contribution in [1.82, 2.24) is 10.2 Å². The van der Waals surface area contributed by atoms with Gasteiger partial charge in [-0.2, -0.15) is 0 Å². The largest absolute Gasteiger partial charge is 0.480 e. The van der Waals surface area contributed by atoms with Gasteiger partial charge >= 0.3 is 5.97 Å². The third-order valence-electron chi connectivity index (χ3n) is 3.84. The standard InChI is InChI=1S/C13H24N2O3/c1-9(15(2)3)12(16)14-11(13(17)18)10-7-5-4-6-8-10/h9-11H,4-8H2,1-3H3,(H,14,16)(H,17,18). The molecule has 0 saturated heterocycles. The summed E-state index contributed by atoms with van der Waals surface area (Å²) in [7, 11) is 3.61. The number of carbonyl (C=O) groups is 2. The summed E-state index contributed by atoms with van der Waals surface area (Å²) in [5.41, 5.74) is 0. The molecule has 2 atom stereocenters. The van der Waals surface area contributed by atoms with E-state index in [1.807, 2.05) is 0 Å². The fraction of sp³-hybridized carbons (Fsp3) is 0.846. The molecule has 1 fully saturated rings. The van der Waals surface area contributed by atoms with Crippen LogP contribution in [0.15, 0.2) is 0 Å². The molecule has 0 aromatic carbocycles. The molecule has 2 unspecified atom stereocenters. The molecule has 1 aliphatic rings. The van der Waals surface area contributed by atoms with E-state index in [0.717, 1.165) is 25.7 Å². The molecule has 5 nitrogen and oxygen atoms in total. The number of hydrogen-bond donors (Lipinski definition) is 2. The van der Waals surface area contributed by atoms with E-state index < -0.39 is 12.0 Å². The number of carbonyl (C=O) groups excluding carboxylic acids is 1. The van der Waals surface area contributed by atoms with Gasteiger partial charge in [0.1, 0.15) is 6.04 Å². The van der Waals surface area contributed by atoms with Crippen molar-refractivity contribution in [3.8, 4) is 0 Å². The monoisotopic (exact) mass is 256 g/mol. The van der Waals surface area contributed by atoms with Crippen LogP contribution in [0.3, 0.4) is 0 Å². The molecule has 1 rings (SSSR count). The van der Waals surface area contributed by atoms with E-state index in [4.69, 9.17) is 0 Å². The molecule has 2 N–H and O–H groups in total. The summed E-state index contributed by atoms with van der Waals surface area (Å²) >= 11 is 0. The summed E-state index contributed by atoms with van der Waals surface area (Å²) in [6.45, 7) is 1.77. The molecule has 0 heterocycles. The number of likely N-dealkylation sites (N-methyl/N-ethyl adjacent to an activating group) is 1. The average molecular weight is 256 g/mol. The van der Waals surface area contributed by atoms with Crippen LogP contribution in [0.4, 0.5) is 0 Å². The summed E-state index contributed by atoms with van der Waals surface area (Å²) in [5, 5.41) is 12.0. The average Bonchev–Trinajstić information content (AvgIpc) is 2.35. The molecule has 1 aliphatic carbocycles. The number of nitrogens with zero attached hydrogens (tertiary/aromatic N) is 1. The number of carboxylic acids is 1. The second-order valence-corrected chi connectivity index (χ2v) is 5.36. The molecule has 0 aliphatic heterocycles. The second kappa shape index (κ2) is 6.73. The van der Waals surface area contributed by atoms with Crippen molar-refractivity contribution in [2.75, 3.05) is 14.1 Å². The minimum absolute atomic E-state index is 0.0783. The van der Waals surface area contributed by atoms with Crippen LogP contribution in [-0.2, 0) is 9.59 Å². The lowest BCUT2D eigenvalue weighted by atomic mass is 9.84. The van der Waals surface area contributed by atoms with Crippen LogP contribution in [0, 0.1) is 5.92 Å². The Bertz CT molecular complexity index is 299. The van der Waals surface area contributed by atoms with Crippen molar-refractivity contribution in [3.05, 3.63) is 0 Å². The molecule has 0 bridgehead atoms. The van der Waals surface area contributed by atoms with Gasteiger partial charge in [0, 0.05) is 0 Å². The topological polar surface area (TPSA) is 69.6 Å². The van der Waals surface area contributed by atoms with E-state index in [0.29, 0.717) is 0 Å². The molecule has 0 spiro atoms. The van der Waals surface area contributed by atoms with Crippen LogP contribution < -0.4 is 5.32 Å². The Labute approximate surface area is 109 Å². The van der Waals surface area contributed by atoms with Crippen LogP contribution in [-0.4, -0.2) is 48.1 Å². The highest BCUT2D eigenvalue weighted by Crippen LogP contribution is 2.26. The quantitative estimate of drug-likeness (QED) is 0.772. The Kier molecular flexibility index (Phi) is 5.59. The number of aliphatic carboxylic acids is 1. The predicted octanol–water partition coefficient (Wildman–Crippen LogP) is 1.09. The highest BCUT2D eigenvalue weighted by molar-refractivity contribution is 5.86. The van der Waals surface area contributed by atoms with Gasteiger partial charge in [-0.3, -0.25) is 9.69 Å². The van der Waals surface area contributed by atoms with E-state index in [-0.39, 0.29) is 17.9 Å². The van der Waals surface area contributed by atoms with Gasteiger partial charge in [-0.25, -0.2) is 4.79 Å². The Morgan fingerprint density at radius 2 is 1.78 bits per heavy atom. The van der Waals surface area contributed by atoms with Gasteiger partial charge in [0.05, 0.1) is 6.04 Å². The van der Waals surface area contributed by atoms with Crippen LogP contribution >= 0.6 is 0 Å². The summed E-state index contributed by atoms with van der Waals surface area (Å²) in [5.74, 6) is -1.05. The van der Waals surface area contributed by atoms with Gasteiger partial charge in [0.15, 0.2) is 0 Å². The highest BCUT2D eigenvalue weighted by atomic mass is 16.4. The predicted molar refractivity (Wildman–Crippen MR) is 69.3 cm³/mol. The van der Waals surface area contributed by atoms with Crippen molar-refractivity contribution in [1.29, 1.82) is 0 Å². The zero-order valence-corrected chi connectivity index (χ0v) is 11.5. The molecule has 0 aromatic rings. The Balaban J connectivity index is 2.62. The minimum Gasteiger partial charge on any atom is -0.480 e. The molecular weight excluding hydrogens is 232 g/mol. The van der Waals surface area contributed by atoms with Gasteiger partial charge in [0.25, 0.3) is 0 Å². The third-order valence-corrected chi connectivity index (χ3v) is 3.84. The van der Waals surface area contributed by atoms with Gasteiger partial charge in [-0.1, -0.05) is 19.3 Å². The summed E-state index contributed by atoms with van der Waals surface area (Å²) < 4.78 is 0. The fourth-order valence-corrected chi connectivity index (χ4v) is 2.36. The summed E-state index contributed by atoms with van der Waals surface area (Å²) in [4.78, 5) is 25.0. The first-order valence-electron chi connectivity index (χ1n) is 6.63. The molecule has 5 heteroatoms. The molecule has 104 valence electrons. The van der Waals surface area contributed by atoms with Gasteiger partial charge < -0.3 is 10.4 Å². The summed E-state index contributed by atoms with van der Waals surface area (Å²) in [6.07, 6.45) is 5.09. The lowest BCUT2D eigenvalue weighted by molar-refractivity contribution is -0.144. The molecular formula is C13H24N2O3. The SMILES string of the molecule is CC(C(=O)NC(C(=O)O)C1CCCCC1)N(C)C. The Morgan fingerprint density at radius 3 is 2.22 bits per heavy atom. The number of amides is 1. The first kappa shape index (κ1) is 15.0. The van der Waals surface area contributed by atoms with Crippen LogP contribution in [0.2, 0.25) is 0 Å². The lowest BCUT2D eigenvalue weighted by Crippen LogP contribution is -2.51. The normalized spacial score (nSPS) is 20.4. The smallest absolute Gasteiger partial charge is 0.326 e. The van der Waals surface area contributed by atoms with Crippen LogP contribution in [0.5, 0.6) is 0 Å². The molecule has 18 heavy (non-hydrogen) atoms. The van der Waals surface area contributed by atoms with Crippen molar-refractivity contribution < 1.29 is 14.7 Å². The van der Waals surface area contributed by atoms with Gasteiger partial charge in [-0.05, 0) is 39.8 Å². The second-order valence-electron chi connectivity index (χ2n) is 5.36. The lowest BCUT2D eigenvalue weighted by Gasteiger charge is -2.29. The van der Waals surface area contributed by atoms with E-state index in [1.165, 1.54) is 6.42 Å². The molecule has 1 amide bonds. The third kappa shape index (κ3) is 3.98. The highest BCUT2D eigenvalue weighted by Gasteiger charge is 2.31. The molecule has 0 aromatic heterocycles.